The summed E-state index contributed by atoms with van der Waals surface area (Å²) in [5.74, 6) is 0.178. The molecule has 0 heterocycles. The van der Waals surface area contributed by atoms with Crippen LogP contribution in [0.5, 0.6) is 0 Å². The third-order valence-corrected chi connectivity index (χ3v) is 4.96. The van der Waals surface area contributed by atoms with E-state index < -0.39 is 0 Å². The number of amides is 1. The summed E-state index contributed by atoms with van der Waals surface area (Å²) in [7, 11) is 0. The number of unbranched alkanes of at least 4 members (excludes halogenated alkanes) is 5. The molecule has 0 radical (unpaired) electrons. The normalized spacial score (nSPS) is 11.9. The molecule has 0 aromatic carbocycles. The van der Waals surface area contributed by atoms with Crippen molar-refractivity contribution in [2.75, 3.05) is 52.4 Å². The molecule has 0 atom stereocenters. The third kappa shape index (κ3) is 26.6. The van der Waals surface area contributed by atoms with E-state index in [4.69, 9.17) is 5.73 Å². The molecule has 0 aromatic rings. The smallest absolute Gasteiger partial charge is 0.220 e. The van der Waals surface area contributed by atoms with Gasteiger partial charge in [-0.15, -0.1) is 0 Å². The molecule has 0 aliphatic carbocycles. The average molecular weight is 450 g/mol. The molecule has 32 heavy (non-hydrogen) atoms. The minimum Gasteiger partial charge on any atom is -0.355 e. The Balaban J connectivity index is 3.26. The summed E-state index contributed by atoms with van der Waals surface area (Å²) in [6.07, 6.45) is 24.3. The van der Waals surface area contributed by atoms with Gasteiger partial charge in [-0.05, 0) is 38.5 Å². The molecular weight excluding hydrogens is 398 g/mol. The SMILES string of the molecule is CCC=CCC=CCC=CCCCCCCCC(=O)NCCNCCNCCNCCN. The van der Waals surface area contributed by atoms with Crippen molar-refractivity contribution in [3.8, 4) is 0 Å². The molecule has 6 nitrogen and oxygen atoms in total. The topological polar surface area (TPSA) is 91.2 Å². The van der Waals surface area contributed by atoms with E-state index in [1.165, 1.54) is 19.3 Å². The van der Waals surface area contributed by atoms with Crippen LogP contribution in [0.2, 0.25) is 0 Å². The number of hydrogen-bond donors (Lipinski definition) is 5. The molecule has 1 amide bonds. The van der Waals surface area contributed by atoms with E-state index in [1.54, 1.807) is 0 Å². The molecule has 0 saturated heterocycles. The zero-order valence-electron chi connectivity index (χ0n) is 20.7. The van der Waals surface area contributed by atoms with Crippen molar-refractivity contribution in [2.24, 2.45) is 5.73 Å². The van der Waals surface area contributed by atoms with E-state index in [1.807, 2.05) is 0 Å². The number of carbonyl (C=O) groups is 1. The molecule has 0 aromatic heterocycles. The zero-order chi connectivity index (χ0) is 23.4. The van der Waals surface area contributed by atoms with Gasteiger partial charge in [0, 0.05) is 58.8 Å². The summed E-state index contributed by atoms with van der Waals surface area (Å²) in [6, 6.07) is 0. The fourth-order valence-electron chi connectivity index (χ4n) is 3.11. The number of carbonyl (C=O) groups excluding carboxylic acids is 1. The largest absolute Gasteiger partial charge is 0.355 e. The predicted octanol–water partition coefficient (Wildman–Crippen LogP) is 3.42. The van der Waals surface area contributed by atoms with E-state index >= 15 is 0 Å². The van der Waals surface area contributed by atoms with Crippen LogP contribution in [-0.2, 0) is 4.79 Å². The molecule has 0 aliphatic heterocycles. The van der Waals surface area contributed by atoms with Crippen LogP contribution in [0.4, 0.5) is 0 Å². The van der Waals surface area contributed by atoms with Crippen molar-refractivity contribution in [3.05, 3.63) is 36.5 Å². The fourth-order valence-corrected chi connectivity index (χ4v) is 3.11. The first-order valence-electron chi connectivity index (χ1n) is 12.8. The highest BCUT2D eigenvalue weighted by atomic mass is 16.1. The monoisotopic (exact) mass is 449 g/mol. The molecule has 0 bridgehead atoms. The van der Waals surface area contributed by atoms with Crippen LogP contribution in [0, 0.1) is 0 Å². The molecule has 0 fully saturated rings. The van der Waals surface area contributed by atoms with Crippen LogP contribution in [0.15, 0.2) is 36.5 Å². The second kappa shape index (κ2) is 27.6. The van der Waals surface area contributed by atoms with E-state index in [0.717, 1.165) is 77.8 Å². The van der Waals surface area contributed by atoms with Crippen molar-refractivity contribution in [2.45, 2.75) is 71.1 Å². The maximum Gasteiger partial charge on any atom is 0.220 e. The Kier molecular flexibility index (Phi) is 26.3. The van der Waals surface area contributed by atoms with Crippen molar-refractivity contribution in [3.63, 3.8) is 0 Å². The fraction of sp³-hybridized carbons (Fsp3) is 0.731. The van der Waals surface area contributed by atoms with Crippen LogP contribution in [-0.4, -0.2) is 58.3 Å². The van der Waals surface area contributed by atoms with E-state index in [2.05, 4.69) is 64.6 Å². The second-order valence-electron chi connectivity index (χ2n) is 7.99. The molecule has 0 rings (SSSR count). The Bertz CT molecular complexity index is 477. The zero-order valence-corrected chi connectivity index (χ0v) is 20.7. The van der Waals surface area contributed by atoms with Crippen molar-refractivity contribution in [1.82, 2.24) is 21.3 Å². The van der Waals surface area contributed by atoms with Crippen molar-refractivity contribution >= 4 is 5.91 Å². The Labute approximate surface area is 197 Å². The molecule has 0 spiro atoms. The van der Waals surface area contributed by atoms with E-state index in [9.17, 15) is 4.79 Å². The lowest BCUT2D eigenvalue weighted by molar-refractivity contribution is -0.121. The van der Waals surface area contributed by atoms with Gasteiger partial charge in [0.15, 0.2) is 0 Å². The van der Waals surface area contributed by atoms with Crippen LogP contribution >= 0.6 is 0 Å². The third-order valence-electron chi connectivity index (χ3n) is 4.96. The molecule has 6 heteroatoms. The minimum absolute atomic E-state index is 0.178. The van der Waals surface area contributed by atoms with Gasteiger partial charge in [-0.3, -0.25) is 4.79 Å². The quantitative estimate of drug-likeness (QED) is 0.115. The maximum absolute atomic E-state index is 11.9. The Morgan fingerprint density at radius 1 is 0.656 bits per heavy atom. The second-order valence-corrected chi connectivity index (χ2v) is 7.99. The molecule has 0 aliphatic rings. The summed E-state index contributed by atoms with van der Waals surface area (Å²) in [6.45, 7) is 8.97. The molecule has 6 N–H and O–H groups in total. The van der Waals surface area contributed by atoms with Gasteiger partial charge < -0.3 is 27.0 Å². The summed E-state index contributed by atoms with van der Waals surface area (Å²) < 4.78 is 0. The summed E-state index contributed by atoms with van der Waals surface area (Å²) in [4.78, 5) is 11.9. The first-order chi connectivity index (χ1) is 15.8. The van der Waals surface area contributed by atoms with Gasteiger partial charge >= 0.3 is 0 Å². The van der Waals surface area contributed by atoms with Gasteiger partial charge in [-0.25, -0.2) is 0 Å². The number of hydrogen-bond acceptors (Lipinski definition) is 5. The van der Waals surface area contributed by atoms with Crippen LogP contribution < -0.4 is 27.0 Å². The lowest BCUT2D eigenvalue weighted by Crippen LogP contribution is -2.36. The standard InChI is InChI=1S/C26H51N5O/c1-2-3-4-5-6-7-8-9-10-11-12-13-14-15-16-17-26(32)31-25-24-30-23-22-29-21-20-28-19-18-27/h3-4,6-7,9-10,28-30H,2,5,8,11-25,27H2,1H3,(H,31,32). The van der Waals surface area contributed by atoms with Crippen molar-refractivity contribution in [1.29, 1.82) is 0 Å². The lowest BCUT2D eigenvalue weighted by atomic mass is 10.1. The van der Waals surface area contributed by atoms with E-state index in [-0.39, 0.29) is 5.91 Å². The highest BCUT2D eigenvalue weighted by Crippen LogP contribution is 2.08. The highest BCUT2D eigenvalue weighted by molar-refractivity contribution is 5.75. The Hall–Kier alpha value is -1.47. The van der Waals surface area contributed by atoms with Gasteiger partial charge in [0.05, 0.1) is 0 Å². The first-order valence-corrected chi connectivity index (χ1v) is 12.8. The first kappa shape index (κ1) is 30.5. The average Bonchev–Trinajstić information content (AvgIpc) is 2.80. The highest BCUT2D eigenvalue weighted by Gasteiger charge is 2.00. The molecule has 0 unspecified atom stereocenters. The summed E-state index contributed by atoms with van der Waals surface area (Å²) in [5, 5.41) is 12.9. The van der Waals surface area contributed by atoms with Gasteiger partial charge in [-0.1, -0.05) is 62.6 Å². The van der Waals surface area contributed by atoms with Gasteiger partial charge in [0.1, 0.15) is 0 Å². The summed E-state index contributed by atoms with van der Waals surface area (Å²) in [5.41, 5.74) is 5.41. The molecule has 0 saturated carbocycles. The minimum atomic E-state index is 0.178. The van der Waals surface area contributed by atoms with Gasteiger partial charge in [0.25, 0.3) is 0 Å². The number of allylic oxidation sites excluding steroid dienone is 6. The lowest BCUT2D eigenvalue weighted by Gasteiger charge is -2.08. The number of rotatable bonds is 24. The maximum atomic E-state index is 11.9. The predicted molar refractivity (Wildman–Crippen MR) is 140 cm³/mol. The van der Waals surface area contributed by atoms with Crippen molar-refractivity contribution < 1.29 is 4.79 Å². The Morgan fingerprint density at radius 2 is 1.19 bits per heavy atom. The summed E-state index contributed by atoms with van der Waals surface area (Å²) >= 11 is 0. The van der Waals surface area contributed by atoms with Crippen LogP contribution in [0.1, 0.15) is 71.1 Å². The van der Waals surface area contributed by atoms with Crippen LogP contribution in [0.25, 0.3) is 0 Å². The number of nitrogens with one attached hydrogen (secondary N) is 4. The van der Waals surface area contributed by atoms with Crippen LogP contribution in [0.3, 0.4) is 0 Å². The van der Waals surface area contributed by atoms with Gasteiger partial charge in [-0.2, -0.15) is 0 Å². The molecular formula is C26H51N5O. The number of nitrogens with two attached hydrogens (primary N) is 1. The van der Waals surface area contributed by atoms with E-state index in [0.29, 0.717) is 19.5 Å². The van der Waals surface area contributed by atoms with Gasteiger partial charge in [0.2, 0.25) is 5.91 Å². The molecule has 186 valence electrons. The Morgan fingerprint density at radius 3 is 1.84 bits per heavy atom.